The van der Waals surface area contributed by atoms with Gasteiger partial charge < -0.3 is 15.0 Å². The number of nitrogens with zero attached hydrogens (tertiary/aromatic N) is 2. The van der Waals surface area contributed by atoms with E-state index in [0.717, 1.165) is 31.8 Å². The molecule has 23 heavy (non-hydrogen) atoms. The van der Waals surface area contributed by atoms with Crippen molar-refractivity contribution in [2.45, 2.75) is 37.8 Å². The fourth-order valence-electron chi connectivity index (χ4n) is 4.10. The molecular formula is C19H21N3O. The molecule has 2 aromatic rings. The fourth-order valence-corrected chi connectivity index (χ4v) is 4.10. The lowest BCUT2D eigenvalue weighted by Gasteiger charge is -2.46. The number of rotatable bonds is 1. The number of aryl methyl sites for hydroxylation is 2. The molecule has 2 atom stereocenters. The molecule has 0 aliphatic carbocycles. The maximum Gasteiger partial charge on any atom is 0.133 e. The van der Waals surface area contributed by atoms with Gasteiger partial charge in [-0.3, -0.25) is 0 Å². The van der Waals surface area contributed by atoms with Crippen LogP contribution in [0.1, 0.15) is 24.0 Å². The number of pyridine rings is 1. The highest BCUT2D eigenvalue weighted by Gasteiger charge is 2.34. The molecule has 0 unspecified atom stereocenters. The lowest BCUT2D eigenvalue weighted by atomic mass is 9.95. The molecule has 0 amide bonds. The van der Waals surface area contributed by atoms with Crippen LogP contribution < -0.4 is 10.2 Å². The zero-order chi connectivity index (χ0) is 15.2. The Labute approximate surface area is 136 Å². The van der Waals surface area contributed by atoms with Crippen LogP contribution in [0.2, 0.25) is 0 Å². The SMILES string of the molecule is c1cnc2c(c1)CCc1cc(N3C[C@H]4CC[C@@H]3CO4)ccc1N2. The lowest BCUT2D eigenvalue weighted by molar-refractivity contribution is -0.0225. The Kier molecular flexibility index (Phi) is 3.05. The van der Waals surface area contributed by atoms with Gasteiger partial charge in [-0.1, -0.05) is 6.07 Å². The van der Waals surface area contributed by atoms with Crippen LogP contribution in [0.5, 0.6) is 0 Å². The van der Waals surface area contributed by atoms with Gasteiger partial charge >= 0.3 is 0 Å². The van der Waals surface area contributed by atoms with E-state index >= 15 is 0 Å². The predicted octanol–water partition coefficient (Wildman–Crippen LogP) is 3.29. The Hall–Kier alpha value is -2.07. The molecule has 4 aliphatic rings. The van der Waals surface area contributed by atoms with Crippen molar-refractivity contribution >= 4 is 17.2 Å². The monoisotopic (exact) mass is 307 g/mol. The van der Waals surface area contributed by atoms with Gasteiger partial charge in [0.15, 0.2) is 0 Å². The molecule has 4 heteroatoms. The van der Waals surface area contributed by atoms with E-state index in [1.807, 2.05) is 12.3 Å². The molecule has 6 rings (SSSR count). The Morgan fingerprint density at radius 2 is 2.09 bits per heavy atom. The van der Waals surface area contributed by atoms with Crippen LogP contribution in [0.25, 0.3) is 0 Å². The fraction of sp³-hybridized carbons (Fsp3) is 0.421. The summed E-state index contributed by atoms with van der Waals surface area (Å²) in [4.78, 5) is 7.03. The number of benzene rings is 1. The average molecular weight is 307 g/mol. The first-order chi connectivity index (χ1) is 11.4. The highest BCUT2D eigenvalue weighted by atomic mass is 16.5. The standard InChI is InChI=1S/C19H21N3O/c1-2-13-3-4-14-10-15(6-8-18(14)21-19(13)20-9-1)22-11-17-7-5-16(22)12-23-17/h1-2,6,8-10,16-17H,3-5,7,11-12H2,(H,20,21)/t16-,17-/m1/s1. The van der Waals surface area contributed by atoms with Gasteiger partial charge in [0.2, 0.25) is 0 Å². The summed E-state index contributed by atoms with van der Waals surface area (Å²) < 4.78 is 5.84. The quantitative estimate of drug-likeness (QED) is 0.877. The molecule has 4 aliphatic heterocycles. The number of fused-ring (bicyclic) bond motifs is 5. The third kappa shape index (κ3) is 2.29. The summed E-state index contributed by atoms with van der Waals surface area (Å²) in [5.74, 6) is 1.00. The highest BCUT2D eigenvalue weighted by Crippen LogP contribution is 2.35. The summed E-state index contributed by atoms with van der Waals surface area (Å²) in [6.45, 7) is 1.92. The van der Waals surface area contributed by atoms with E-state index in [0.29, 0.717) is 12.1 Å². The van der Waals surface area contributed by atoms with Crippen LogP contribution in [0.4, 0.5) is 17.2 Å². The van der Waals surface area contributed by atoms with Gasteiger partial charge in [0, 0.05) is 24.1 Å². The number of hydrogen-bond acceptors (Lipinski definition) is 4. The maximum atomic E-state index is 5.84. The van der Waals surface area contributed by atoms with Crippen molar-refractivity contribution in [2.75, 3.05) is 23.4 Å². The van der Waals surface area contributed by atoms with Crippen LogP contribution in [0.15, 0.2) is 36.5 Å². The van der Waals surface area contributed by atoms with Crippen LogP contribution in [0.3, 0.4) is 0 Å². The van der Waals surface area contributed by atoms with Crippen LogP contribution in [0, 0.1) is 0 Å². The van der Waals surface area contributed by atoms with Crippen molar-refractivity contribution in [1.29, 1.82) is 0 Å². The number of morpholine rings is 1. The van der Waals surface area contributed by atoms with Gasteiger partial charge in [-0.2, -0.15) is 0 Å². The van der Waals surface area contributed by atoms with E-state index in [1.54, 1.807) is 0 Å². The van der Waals surface area contributed by atoms with Gasteiger partial charge in [-0.05, 0) is 61.1 Å². The van der Waals surface area contributed by atoms with Gasteiger partial charge in [0.05, 0.1) is 18.8 Å². The third-order valence-electron chi connectivity index (χ3n) is 5.42. The number of ether oxygens (including phenoxy) is 1. The van der Waals surface area contributed by atoms with Gasteiger partial charge in [0.1, 0.15) is 5.82 Å². The average Bonchev–Trinajstić information content (AvgIpc) is 2.81. The van der Waals surface area contributed by atoms with Crippen molar-refractivity contribution in [3.8, 4) is 0 Å². The first-order valence-corrected chi connectivity index (χ1v) is 8.59. The Balaban J connectivity index is 1.47. The number of anilines is 3. The number of piperidine rings is 1. The highest BCUT2D eigenvalue weighted by molar-refractivity contribution is 5.69. The van der Waals surface area contributed by atoms with Gasteiger partial charge in [0.25, 0.3) is 0 Å². The van der Waals surface area contributed by atoms with Crippen molar-refractivity contribution < 1.29 is 4.74 Å². The summed E-state index contributed by atoms with van der Waals surface area (Å²) in [5.41, 5.74) is 5.24. The van der Waals surface area contributed by atoms with Crippen molar-refractivity contribution in [3.63, 3.8) is 0 Å². The molecule has 0 radical (unpaired) electrons. The Bertz CT molecular complexity index is 737. The van der Waals surface area contributed by atoms with E-state index in [2.05, 4.69) is 39.5 Å². The summed E-state index contributed by atoms with van der Waals surface area (Å²) >= 11 is 0. The molecule has 3 fully saturated rings. The molecular weight excluding hydrogens is 286 g/mol. The minimum atomic E-state index is 0.422. The maximum absolute atomic E-state index is 5.84. The van der Waals surface area contributed by atoms with Crippen molar-refractivity contribution in [3.05, 3.63) is 47.7 Å². The second kappa shape index (κ2) is 5.24. The van der Waals surface area contributed by atoms with Crippen molar-refractivity contribution in [1.82, 2.24) is 4.98 Å². The zero-order valence-electron chi connectivity index (χ0n) is 13.2. The molecule has 118 valence electrons. The molecule has 3 saturated heterocycles. The second-order valence-electron chi connectivity index (χ2n) is 6.82. The molecule has 0 saturated carbocycles. The minimum Gasteiger partial charge on any atom is -0.374 e. The molecule has 0 spiro atoms. The number of aromatic nitrogens is 1. The minimum absolute atomic E-state index is 0.422. The molecule has 1 N–H and O–H groups in total. The Morgan fingerprint density at radius 3 is 2.91 bits per heavy atom. The van der Waals surface area contributed by atoms with E-state index in [9.17, 15) is 0 Å². The Morgan fingerprint density at radius 1 is 1.13 bits per heavy atom. The lowest BCUT2D eigenvalue weighted by Crippen LogP contribution is -2.54. The van der Waals surface area contributed by atoms with Crippen LogP contribution in [-0.4, -0.2) is 30.3 Å². The summed E-state index contributed by atoms with van der Waals surface area (Å²) in [6, 6.07) is 11.6. The van der Waals surface area contributed by atoms with Crippen LogP contribution in [-0.2, 0) is 17.6 Å². The summed E-state index contributed by atoms with van der Waals surface area (Å²) in [6.07, 6.45) is 6.86. The van der Waals surface area contributed by atoms with Gasteiger partial charge in [-0.15, -0.1) is 0 Å². The zero-order valence-corrected chi connectivity index (χ0v) is 13.2. The van der Waals surface area contributed by atoms with Gasteiger partial charge in [-0.25, -0.2) is 4.98 Å². The van der Waals surface area contributed by atoms with E-state index in [-0.39, 0.29) is 0 Å². The summed E-state index contributed by atoms with van der Waals surface area (Å²) in [7, 11) is 0. The molecule has 1 aromatic heterocycles. The molecule has 4 nitrogen and oxygen atoms in total. The number of hydrogen-bond donors (Lipinski definition) is 1. The number of nitrogens with one attached hydrogen (secondary N) is 1. The van der Waals surface area contributed by atoms with Crippen LogP contribution >= 0.6 is 0 Å². The second-order valence-corrected chi connectivity index (χ2v) is 6.82. The normalized spacial score (nSPS) is 25.3. The molecule has 1 aromatic carbocycles. The summed E-state index contributed by atoms with van der Waals surface area (Å²) in [5, 5.41) is 3.51. The third-order valence-corrected chi connectivity index (χ3v) is 5.42. The van der Waals surface area contributed by atoms with E-state index in [4.69, 9.17) is 4.74 Å². The predicted molar refractivity (Wildman–Crippen MR) is 91.5 cm³/mol. The molecule has 2 bridgehead atoms. The molecule has 5 heterocycles. The first kappa shape index (κ1) is 13.4. The van der Waals surface area contributed by atoms with E-state index in [1.165, 1.54) is 35.3 Å². The van der Waals surface area contributed by atoms with E-state index < -0.39 is 0 Å². The van der Waals surface area contributed by atoms with Crippen molar-refractivity contribution in [2.24, 2.45) is 0 Å². The largest absolute Gasteiger partial charge is 0.374 e. The topological polar surface area (TPSA) is 37.4 Å². The first-order valence-electron chi connectivity index (χ1n) is 8.59. The smallest absolute Gasteiger partial charge is 0.133 e.